The Hall–Kier alpha value is -2.38. The fourth-order valence-electron chi connectivity index (χ4n) is 2.57. The first-order chi connectivity index (χ1) is 12.9. The van der Waals surface area contributed by atoms with E-state index in [0.717, 1.165) is 24.8 Å². The summed E-state index contributed by atoms with van der Waals surface area (Å²) in [5, 5.41) is 0. The van der Waals surface area contributed by atoms with E-state index in [4.69, 9.17) is 23.4 Å². The molecule has 0 bridgehead atoms. The van der Waals surface area contributed by atoms with Crippen molar-refractivity contribution in [3.05, 3.63) is 36.0 Å². The molecule has 0 amide bonds. The summed E-state index contributed by atoms with van der Waals surface area (Å²) in [6, 6.07) is 9.37. The highest BCUT2D eigenvalue weighted by atomic mass is 16.8. The van der Waals surface area contributed by atoms with Gasteiger partial charge in [-0.3, -0.25) is 0 Å². The molecule has 0 spiro atoms. The van der Waals surface area contributed by atoms with Crippen LogP contribution in [0.1, 0.15) is 45.7 Å². The lowest BCUT2D eigenvalue weighted by atomic mass is 10.2. The van der Waals surface area contributed by atoms with Gasteiger partial charge in [0.15, 0.2) is 12.0 Å². The summed E-state index contributed by atoms with van der Waals surface area (Å²) >= 11 is 0. The molecule has 1 aromatic carbocycles. The Bertz CT molecular complexity index is 744. The molecule has 1 unspecified atom stereocenters. The third-order valence-electron chi connectivity index (χ3n) is 3.79. The molecule has 3 rings (SSSR count). The molecule has 1 atom stereocenters. The van der Waals surface area contributed by atoms with Gasteiger partial charge in [0.25, 0.3) is 0 Å². The van der Waals surface area contributed by atoms with Crippen LogP contribution in [0.4, 0.5) is 4.79 Å². The van der Waals surface area contributed by atoms with E-state index in [1.165, 1.54) is 0 Å². The van der Waals surface area contributed by atoms with Crippen LogP contribution in [-0.2, 0) is 20.8 Å². The second-order valence-corrected chi connectivity index (χ2v) is 7.29. The minimum absolute atomic E-state index is 0.0288. The number of carbonyl (C=O) groups is 1. The molecular formula is C20H25NO6. The predicted octanol–water partition coefficient (Wildman–Crippen LogP) is 4.70. The van der Waals surface area contributed by atoms with Crippen molar-refractivity contribution in [2.45, 2.75) is 58.5 Å². The van der Waals surface area contributed by atoms with Gasteiger partial charge in [0.1, 0.15) is 5.60 Å². The summed E-state index contributed by atoms with van der Waals surface area (Å²) in [5.74, 6) is 0.316. The molecule has 7 nitrogen and oxygen atoms in total. The molecule has 7 heteroatoms. The quantitative estimate of drug-likeness (QED) is 0.701. The van der Waals surface area contributed by atoms with Crippen molar-refractivity contribution in [1.29, 1.82) is 0 Å². The normalized spacial score (nSPS) is 17.5. The number of benzene rings is 1. The van der Waals surface area contributed by atoms with E-state index in [2.05, 4.69) is 4.98 Å². The van der Waals surface area contributed by atoms with Crippen LogP contribution in [0.3, 0.4) is 0 Å². The molecule has 146 valence electrons. The second kappa shape index (κ2) is 8.54. The summed E-state index contributed by atoms with van der Waals surface area (Å²) in [7, 11) is 0. The van der Waals surface area contributed by atoms with Crippen molar-refractivity contribution in [3.63, 3.8) is 0 Å². The molecular weight excluding hydrogens is 350 g/mol. The van der Waals surface area contributed by atoms with Gasteiger partial charge in [-0.25, -0.2) is 9.78 Å². The first-order valence-electron chi connectivity index (χ1n) is 9.10. The van der Waals surface area contributed by atoms with E-state index >= 15 is 0 Å². The Kier molecular flexibility index (Phi) is 6.13. The number of carbonyl (C=O) groups excluding carboxylic acids is 1. The van der Waals surface area contributed by atoms with E-state index in [1.807, 2.05) is 30.3 Å². The van der Waals surface area contributed by atoms with Crippen molar-refractivity contribution in [1.82, 2.24) is 4.98 Å². The first-order valence-corrected chi connectivity index (χ1v) is 9.10. The minimum Gasteiger partial charge on any atom is -0.428 e. The number of rotatable bonds is 5. The zero-order chi connectivity index (χ0) is 19.3. The van der Waals surface area contributed by atoms with E-state index in [-0.39, 0.29) is 18.8 Å². The van der Waals surface area contributed by atoms with E-state index < -0.39 is 11.8 Å². The molecule has 1 aromatic heterocycles. The third-order valence-corrected chi connectivity index (χ3v) is 3.79. The number of oxazole rings is 1. The molecule has 1 fully saturated rings. The van der Waals surface area contributed by atoms with Crippen molar-refractivity contribution < 1.29 is 28.2 Å². The van der Waals surface area contributed by atoms with E-state index in [0.29, 0.717) is 18.2 Å². The molecule has 1 saturated heterocycles. The number of hydrogen-bond acceptors (Lipinski definition) is 7. The molecule has 27 heavy (non-hydrogen) atoms. The van der Waals surface area contributed by atoms with Crippen molar-refractivity contribution in [3.8, 4) is 17.4 Å². The molecule has 1 aliphatic heterocycles. The van der Waals surface area contributed by atoms with Crippen LogP contribution >= 0.6 is 0 Å². The third kappa shape index (κ3) is 5.80. The van der Waals surface area contributed by atoms with Gasteiger partial charge in [0.05, 0.1) is 6.61 Å². The molecule has 0 radical (unpaired) electrons. The Labute approximate surface area is 158 Å². The Morgan fingerprint density at radius 2 is 2.00 bits per heavy atom. The topological polar surface area (TPSA) is 80.0 Å². The smallest absolute Gasteiger partial charge is 0.428 e. The maximum absolute atomic E-state index is 12.0. The summed E-state index contributed by atoms with van der Waals surface area (Å²) < 4.78 is 27.4. The average molecular weight is 375 g/mol. The van der Waals surface area contributed by atoms with Gasteiger partial charge in [-0.2, -0.15) is 0 Å². The lowest BCUT2D eigenvalue weighted by Gasteiger charge is -2.22. The van der Waals surface area contributed by atoms with Gasteiger partial charge >= 0.3 is 12.1 Å². The largest absolute Gasteiger partial charge is 0.516 e. The van der Waals surface area contributed by atoms with Crippen molar-refractivity contribution in [2.75, 3.05) is 6.61 Å². The fourth-order valence-corrected chi connectivity index (χ4v) is 2.57. The Morgan fingerprint density at radius 1 is 1.22 bits per heavy atom. The fraction of sp³-hybridized carbons (Fsp3) is 0.500. The van der Waals surface area contributed by atoms with E-state index in [1.54, 1.807) is 20.8 Å². The lowest BCUT2D eigenvalue weighted by molar-refractivity contribution is -0.169. The summed E-state index contributed by atoms with van der Waals surface area (Å²) in [5.41, 5.74) is 0.479. The van der Waals surface area contributed by atoms with Gasteiger partial charge < -0.3 is 23.4 Å². The maximum Gasteiger partial charge on any atom is 0.516 e. The first kappa shape index (κ1) is 19.4. The van der Waals surface area contributed by atoms with E-state index in [9.17, 15) is 4.79 Å². The predicted molar refractivity (Wildman–Crippen MR) is 97.2 cm³/mol. The number of hydrogen-bond donors (Lipinski definition) is 0. The highest BCUT2D eigenvalue weighted by Crippen LogP contribution is 2.29. The molecule has 2 aromatic rings. The van der Waals surface area contributed by atoms with Crippen LogP contribution in [0.25, 0.3) is 11.5 Å². The van der Waals surface area contributed by atoms with Gasteiger partial charge in [-0.1, -0.05) is 18.2 Å². The monoisotopic (exact) mass is 375 g/mol. The Balaban J connectivity index is 1.76. The molecule has 2 heterocycles. The van der Waals surface area contributed by atoms with Crippen LogP contribution in [0, 0.1) is 0 Å². The maximum atomic E-state index is 12.0. The van der Waals surface area contributed by atoms with Crippen LogP contribution in [-0.4, -0.2) is 29.6 Å². The molecule has 0 N–H and O–H groups in total. The molecule has 0 aliphatic carbocycles. The highest BCUT2D eigenvalue weighted by molar-refractivity contribution is 5.64. The number of aromatic nitrogens is 1. The van der Waals surface area contributed by atoms with Crippen LogP contribution in [0.2, 0.25) is 0 Å². The number of ether oxygens (including phenoxy) is 4. The molecule has 0 saturated carbocycles. The van der Waals surface area contributed by atoms with Crippen LogP contribution in [0.15, 0.2) is 34.7 Å². The minimum atomic E-state index is -0.853. The highest BCUT2D eigenvalue weighted by Gasteiger charge is 2.25. The lowest BCUT2D eigenvalue weighted by Crippen LogP contribution is -2.26. The molecule has 1 aliphatic rings. The average Bonchev–Trinajstić information content (AvgIpc) is 3.02. The second-order valence-electron chi connectivity index (χ2n) is 7.29. The zero-order valence-electron chi connectivity index (χ0n) is 15.9. The standard InChI is InChI=1S/C20H25NO6/c1-20(2,3)27-19(22)26-18-15(13-24-16-11-7-8-12-23-16)21-17(25-18)14-9-5-4-6-10-14/h4-6,9-10,16H,7-8,11-13H2,1-3H3. The Morgan fingerprint density at radius 3 is 2.67 bits per heavy atom. The zero-order valence-corrected chi connectivity index (χ0v) is 15.9. The van der Waals surface area contributed by atoms with Crippen LogP contribution in [0.5, 0.6) is 5.95 Å². The van der Waals surface area contributed by atoms with Gasteiger partial charge in [0, 0.05) is 12.2 Å². The summed E-state index contributed by atoms with van der Waals surface area (Å²) in [6.45, 7) is 6.07. The van der Waals surface area contributed by atoms with Gasteiger partial charge in [-0.05, 0) is 52.2 Å². The van der Waals surface area contributed by atoms with Crippen molar-refractivity contribution in [2.24, 2.45) is 0 Å². The summed E-state index contributed by atoms with van der Waals surface area (Å²) in [4.78, 5) is 16.5. The van der Waals surface area contributed by atoms with Crippen molar-refractivity contribution >= 4 is 6.16 Å². The SMILES string of the molecule is CC(C)(C)OC(=O)Oc1oc(-c2ccccc2)nc1COC1CCCCO1. The van der Waals surface area contributed by atoms with Gasteiger partial charge in [0.2, 0.25) is 5.89 Å². The van der Waals surface area contributed by atoms with Gasteiger partial charge in [-0.15, -0.1) is 0 Å². The van der Waals surface area contributed by atoms with Crippen LogP contribution < -0.4 is 4.74 Å². The summed E-state index contributed by atoms with van der Waals surface area (Å²) in [6.07, 6.45) is 1.78. The number of nitrogens with zero attached hydrogens (tertiary/aromatic N) is 1.